The van der Waals surface area contributed by atoms with Gasteiger partial charge in [0.25, 0.3) is 0 Å². The van der Waals surface area contributed by atoms with Crippen LogP contribution < -0.4 is 5.32 Å². The van der Waals surface area contributed by atoms with Gasteiger partial charge in [-0.2, -0.15) is 4.37 Å². The van der Waals surface area contributed by atoms with Gasteiger partial charge in [-0.15, -0.1) is 11.3 Å². The molecule has 0 saturated carbocycles. The zero-order valence-corrected chi connectivity index (χ0v) is 12.0. The van der Waals surface area contributed by atoms with Crippen LogP contribution in [0.4, 0.5) is 5.13 Å². The van der Waals surface area contributed by atoms with E-state index in [-0.39, 0.29) is 0 Å². The van der Waals surface area contributed by atoms with Crippen LogP contribution in [0, 0.1) is 6.92 Å². The number of aryl methyl sites for hydroxylation is 1. The Morgan fingerprint density at radius 1 is 1.16 bits per heavy atom. The summed E-state index contributed by atoms with van der Waals surface area (Å²) in [6.45, 7) is 2.57. The molecule has 6 heteroatoms. The summed E-state index contributed by atoms with van der Waals surface area (Å²) in [5.74, 6) is 0.802. The van der Waals surface area contributed by atoms with Crippen molar-refractivity contribution in [3.8, 4) is 10.6 Å². The highest BCUT2D eigenvalue weighted by Crippen LogP contribution is 2.23. The average molecular weight is 288 g/mol. The predicted molar refractivity (Wildman–Crippen MR) is 79.5 cm³/mol. The van der Waals surface area contributed by atoms with Crippen molar-refractivity contribution in [1.29, 1.82) is 0 Å². The maximum Gasteiger partial charge on any atom is 0.202 e. The number of rotatable bonds is 4. The maximum atomic E-state index is 4.61. The van der Waals surface area contributed by atoms with Crippen molar-refractivity contribution < 1.29 is 0 Å². The first-order chi connectivity index (χ1) is 9.31. The molecular formula is C13H12N4S2. The highest BCUT2D eigenvalue weighted by Gasteiger charge is 2.05. The van der Waals surface area contributed by atoms with Crippen molar-refractivity contribution >= 4 is 28.0 Å². The highest BCUT2D eigenvalue weighted by molar-refractivity contribution is 7.13. The van der Waals surface area contributed by atoms with E-state index in [2.05, 4.69) is 37.2 Å². The smallest absolute Gasteiger partial charge is 0.202 e. The quantitative estimate of drug-likeness (QED) is 0.797. The van der Waals surface area contributed by atoms with E-state index in [0.29, 0.717) is 6.54 Å². The van der Waals surface area contributed by atoms with Gasteiger partial charge in [0, 0.05) is 22.5 Å². The van der Waals surface area contributed by atoms with Crippen molar-refractivity contribution in [2.75, 3.05) is 5.32 Å². The highest BCUT2D eigenvalue weighted by atomic mass is 32.1. The number of nitrogens with one attached hydrogen (secondary N) is 1. The molecule has 0 amide bonds. The van der Waals surface area contributed by atoms with Crippen LogP contribution in [-0.2, 0) is 6.54 Å². The monoisotopic (exact) mass is 288 g/mol. The summed E-state index contributed by atoms with van der Waals surface area (Å²) in [7, 11) is 0. The van der Waals surface area contributed by atoms with Crippen molar-refractivity contribution in [2.45, 2.75) is 13.5 Å². The number of thiazole rings is 1. The first-order valence-electron chi connectivity index (χ1n) is 5.85. The van der Waals surface area contributed by atoms with Gasteiger partial charge in [0.05, 0.1) is 12.2 Å². The lowest BCUT2D eigenvalue weighted by Crippen LogP contribution is -1.99. The lowest BCUT2D eigenvalue weighted by Gasteiger charge is -1.98. The second-order valence-electron chi connectivity index (χ2n) is 4.01. The molecule has 19 heavy (non-hydrogen) atoms. The van der Waals surface area contributed by atoms with Crippen molar-refractivity contribution in [1.82, 2.24) is 14.3 Å². The Hall–Kier alpha value is -1.79. The Balaban J connectivity index is 1.68. The number of hydrogen-bond acceptors (Lipinski definition) is 6. The van der Waals surface area contributed by atoms with E-state index in [1.807, 2.05) is 25.1 Å². The molecule has 0 aliphatic heterocycles. The van der Waals surface area contributed by atoms with Gasteiger partial charge in [-0.25, -0.2) is 9.97 Å². The number of hydrogen-bond donors (Lipinski definition) is 1. The lowest BCUT2D eigenvalue weighted by atomic mass is 10.2. The first kappa shape index (κ1) is 12.3. The van der Waals surface area contributed by atoms with E-state index in [9.17, 15) is 0 Å². The van der Waals surface area contributed by atoms with Crippen molar-refractivity contribution in [3.05, 3.63) is 47.2 Å². The summed E-state index contributed by atoms with van der Waals surface area (Å²) in [6.07, 6.45) is 0. The molecule has 3 aromatic rings. The molecule has 0 radical (unpaired) electrons. The van der Waals surface area contributed by atoms with Gasteiger partial charge < -0.3 is 5.32 Å². The van der Waals surface area contributed by atoms with Crippen LogP contribution in [0.2, 0.25) is 0 Å². The molecule has 0 atom stereocenters. The minimum atomic E-state index is 0.679. The molecule has 3 rings (SSSR count). The molecule has 0 aliphatic rings. The summed E-state index contributed by atoms with van der Waals surface area (Å²) in [5.41, 5.74) is 2.18. The zero-order chi connectivity index (χ0) is 13.1. The van der Waals surface area contributed by atoms with Gasteiger partial charge in [-0.3, -0.25) is 0 Å². The van der Waals surface area contributed by atoms with E-state index in [4.69, 9.17) is 0 Å². The fraction of sp³-hybridized carbons (Fsp3) is 0.154. The fourth-order valence-electron chi connectivity index (χ4n) is 1.64. The topological polar surface area (TPSA) is 50.7 Å². The van der Waals surface area contributed by atoms with E-state index >= 15 is 0 Å². The van der Waals surface area contributed by atoms with E-state index in [1.54, 1.807) is 11.3 Å². The summed E-state index contributed by atoms with van der Waals surface area (Å²) in [4.78, 5) is 8.88. The Labute approximate surface area is 119 Å². The van der Waals surface area contributed by atoms with Crippen LogP contribution in [0.15, 0.2) is 35.7 Å². The maximum absolute atomic E-state index is 4.61. The standard InChI is InChI=1S/C13H12N4S2/c1-9-15-13(19-17-9)14-7-11-8-18-12(16-11)10-5-3-2-4-6-10/h2-6,8H,7H2,1H3,(H,14,15,17). The Kier molecular flexibility index (Phi) is 3.52. The lowest BCUT2D eigenvalue weighted by molar-refractivity contribution is 1.06. The van der Waals surface area contributed by atoms with Crippen LogP contribution in [0.1, 0.15) is 11.5 Å². The van der Waals surface area contributed by atoms with Crippen LogP contribution in [-0.4, -0.2) is 14.3 Å². The zero-order valence-electron chi connectivity index (χ0n) is 10.3. The molecule has 0 fully saturated rings. The summed E-state index contributed by atoms with van der Waals surface area (Å²) < 4.78 is 4.13. The van der Waals surface area contributed by atoms with Gasteiger partial charge in [-0.05, 0) is 6.92 Å². The molecular weight excluding hydrogens is 276 g/mol. The van der Waals surface area contributed by atoms with Gasteiger partial charge in [0.1, 0.15) is 10.8 Å². The molecule has 2 heterocycles. The average Bonchev–Trinajstić information content (AvgIpc) is 3.06. The minimum Gasteiger partial charge on any atom is -0.355 e. The second kappa shape index (κ2) is 5.46. The van der Waals surface area contributed by atoms with E-state index in [0.717, 1.165) is 27.2 Å². The van der Waals surface area contributed by atoms with Gasteiger partial charge >= 0.3 is 0 Å². The molecule has 1 aromatic carbocycles. The van der Waals surface area contributed by atoms with Crippen LogP contribution in [0.25, 0.3) is 10.6 Å². The molecule has 1 N–H and O–H groups in total. The molecule has 0 aliphatic carbocycles. The largest absolute Gasteiger partial charge is 0.355 e. The molecule has 2 aromatic heterocycles. The summed E-state index contributed by atoms with van der Waals surface area (Å²) in [5, 5.41) is 7.19. The Morgan fingerprint density at radius 3 is 2.74 bits per heavy atom. The van der Waals surface area contributed by atoms with Crippen LogP contribution in [0.3, 0.4) is 0 Å². The third-order valence-corrected chi connectivity index (χ3v) is 4.23. The molecule has 4 nitrogen and oxygen atoms in total. The number of anilines is 1. The van der Waals surface area contributed by atoms with Gasteiger partial charge in [-0.1, -0.05) is 30.3 Å². The molecule has 0 saturated heterocycles. The third kappa shape index (κ3) is 2.97. The van der Waals surface area contributed by atoms with Crippen molar-refractivity contribution in [3.63, 3.8) is 0 Å². The summed E-state index contributed by atoms with van der Waals surface area (Å²) in [6, 6.07) is 10.2. The Morgan fingerprint density at radius 2 is 2.00 bits per heavy atom. The van der Waals surface area contributed by atoms with E-state index in [1.165, 1.54) is 11.5 Å². The van der Waals surface area contributed by atoms with Crippen LogP contribution in [0.5, 0.6) is 0 Å². The predicted octanol–water partition coefficient (Wildman–Crippen LogP) is 3.58. The summed E-state index contributed by atoms with van der Waals surface area (Å²) >= 11 is 3.03. The number of aromatic nitrogens is 3. The first-order valence-corrected chi connectivity index (χ1v) is 7.50. The minimum absolute atomic E-state index is 0.679. The van der Waals surface area contributed by atoms with E-state index < -0.39 is 0 Å². The number of benzene rings is 1. The van der Waals surface area contributed by atoms with Gasteiger partial charge in [0.2, 0.25) is 5.13 Å². The molecule has 96 valence electrons. The molecule has 0 spiro atoms. The second-order valence-corrected chi connectivity index (χ2v) is 5.62. The van der Waals surface area contributed by atoms with Crippen molar-refractivity contribution in [2.24, 2.45) is 0 Å². The van der Waals surface area contributed by atoms with Crippen LogP contribution >= 0.6 is 22.9 Å². The molecule has 0 bridgehead atoms. The number of nitrogens with zero attached hydrogens (tertiary/aromatic N) is 3. The third-order valence-electron chi connectivity index (χ3n) is 2.52. The SMILES string of the molecule is Cc1nsc(NCc2csc(-c3ccccc3)n2)n1. The normalized spacial score (nSPS) is 10.6. The van der Waals surface area contributed by atoms with Gasteiger partial charge in [0.15, 0.2) is 0 Å². The Bertz CT molecular complexity index is 660. The fourth-order valence-corrected chi connectivity index (χ4v) is 3.03. The molecule has 0 unspecified atom stereocenters.